The van der Waals surface area contributed by atoms with Crippen molar-refractivity contribution in [3.63, 3.8) is 0 Å². The molecule has 24 heavy (non-hydrogen) atoms. The van der Waals surface area contributed by atoms with Crippen LogP contribution in [0, 0.1) is 11.3 Å². The molecule has 0 bridgehead atoms. The monoisotopic (exact) mass is 342 g/mol. The Morgan fingerprint density at radius 3 is 2.62 bits per heavy atom. The number of nitrogens with one attached hydrogen (secondary N) is 1. The zero-order valence-electron chi connectivity index (χ0n) is 13.6. The van der Waals surface area contributed by atoms with Crippen molar-refractivity contribution in [2.75, 3.05) is 17.2 Å². The second-order valence-corrected chi connectivity index (χ2v) is 5.88. The van der Waals surface area contributed by atoms with Gasteiger partial charge in [-0.1, -0.05) is 36.9 Å². The Kier molecular flexibility index (Phi) is 6.15. The van der Waals surface area contributed by atoms with Gasteiger partial charge in [-0.15, -0.1) is 0 Å². The minimum atomic E-state index is -0.463. The molecule has 0 fully saturated rings. The lowest BCUT2D eigenvalue weighted by molar-refractivity contribution is -0.116. The first-order chi connectivity index (χ1) is 11.6. The summed E-state index contributed by atoms with van der Waals surface area (Å²) in [5.41, 5.74) is 0.857. The number of nitriles is 1. The van der Waals surface area contributed by atoms with Gasteiger partial charge in [-0.05, 0) is 25.5 Å². The summed E-state index contributed by atoms with van der Waals surface area (Å²) in [4.78, 5) is 32.8. The maximum Gasteiger partial charge on any atom is 0.269 e. The fourth-order valence-electron chi connectivity index (χ4n) is 2.26. The number of para-hydroxylation sites is 1. The molecule has 1 aromatic heterocycles. The third-order valence-electron chi connectivity index (χ3n) is 3.44. The van der Waals surface area contributed by atoms with Crippen molar-refractivity contribution in [2.45, 2.75) is 25.4 Å². The third-order valence-corrected chi connectivity index (χ3v) is 4.29. The Morgan fingerprint density at radius 2 is 2.04 bits per heavy atom. The number of hydrogen-bond donors (Lipinski definition) is 1. The van der Waals surface area contributed by atoms with Gasteiger partial charge in [0, 0.05) is 12.2 Å². The maximum atomic E-state index is 12.4. The molecule has 7 heteroatoms. The number of aromatic nitrogens is 2. The van der Waals surface area contributed by atoms with Crippen molar-refractivity contribution < 1.29 is 4.79 Å². The van der Waals surface area contributed by atoms with Gasteiger partial charge in [0.25, 0.3) is 5.56 Å². The van der Waals surface area contributed by atoms with E-state index in [-0.39, 0.29) is 17.2 Å². The fraction of sp³-hybridized carbons (Fsp3) is 0.294. The molecule has 0 spiro atoms. The molecule has 1 heterocycles. The van der Waals surface area contributed by atoms with Crippen molar-refractivity contribution >= 4 is 23.4 Å². The molecule has 0 aliphatic carbocycles. The van der Waals surface area contributed by atoms with Crippen molar-refractivity contribution in [2.24, 2.45) is 0 Å². The van der Waals surface area contributed by atoms with Crippen molar-refractivity contribution in [3.05, 3.63) is 51.9 Å². The van der Waals surface area contributed by atoms with Crippen molar-refractivity contribution in [3.8, 4) is 6.07 Å². The van der Waals surface area contributed by atoms with Gasteiger partial charge in [0.15, 0.2) is 5.16 Å². The summed E-state index contributed by atoms with van der Waals surface area (Å²) in [5, 5.41) is 9.35. The number of rotatable bonds is 6. The van der Waals surface area contributed by atoms with Crippen LogP contribution in [0.3, 0.4) is 0 Å². The van der Waals surface area contributed by atoms with Crippen LogP contribution in [-0.2, 0) is 11.2 Å². The first kappa shape index (κ1) is 17.8. The fourth-order valence-corrected chi connectivity index (χ4v) is 3.01. The normalized spacial score (nSPS) is 10.2. The predicted octanol–water partition coefficient (Wildman–Crippen LogP) is 2.35. The topological polar surface area (TPSA) is 89.8 Å². The number of nitrogens with zero attached hydrogens (tertiary/aromatic N) is 3. The molecule has 2 rings (SSSR count). The van der Waals surface area contributed by atoms with Crippen molar-refractivity contribution in [1.82, 2.24) is 9.97 Å². The molecule has 2 aromatic rings. The quantitative estimate of drug-likeness (QED) is 0.643. The molecule has 0 saturated heterocycles. The second kappa shape index (κ2) is 8.31. The Morgan fingerprint density at radius 1 is 1.33 bits per heavy atom. The number of amides is 1. The summed E-state index contributed by atoms with van der Waals surface area (Å²) in [5.74, 6) is 0.0829. The van der Waals surface area contributed by atoms with E-state index in [1.807, 2.05) is 50.2 Å². The van der Waals surface area contributed by atoms with Crippen LogP contribution in [0.5, 0.6) is 0 Å². The van der Waals surface area contributed by atoms with E-state index in [1.165, 1.54) is 0 Å². The van der Waals surface area contributed by atoms with E-state index in [0.717, 1.165) is 17.4 Å². The van der Waals surface area contributed by atoms with Gasteiger partial charge in [0.2, 0.25) is 5.91 Å². The SMILES string of the molecule is CCc1nc(SCC(=O)N(CC)c2ccccc2)[nH]c(=O)c1C#N. The summed E-state index contributed by atoms with van der Waals surface area (Å²) in [6.07, 6.45) is 0.486. The van der Waals surface area contributed by atoms with Gasteiger partial charge in [-0.25, -0.2) is 4.98 Å². The number of carbonyl (C=O) groups is 1. The zero-order valence-corrected chi connectivity index (χ0v) is 14.4. The van der Waals surface area contributed by atoms with Crippen LogP contribution >= 0.6 is 11.8 Å². The van der Waals surface area contributed by atoms with E-state index in [1.54, 1.807) is 4.90 Å². The average Bonchev–Trinajstić information content (AvgIpc) is 2.61. The second-order valence-electron chi connectivity index (χ2n) is 4.92. The molecule has 1 amide bonds. The molecule has 0 radical (unpaired) electrons. The standard InChI is InChI=1S/C17H18N4O2S/c1-3-14-13(10-18)16(23)20-17(19-14)24-11-15(22)21(4-2)12-8-6-5-7-9-12/h5-9H,3-4,11H2,1-2H3,(H,19,20,23). The Bertz CT molecular complexity index is 812. The van der Waals surface area contributed by atoms with E-state index >= 15 is 0 Å². The highest BCUT2D eigenvalue weighted by Crippen LogP contribution is 2.18. The van der Waals surface area contributed by atoms with E-state index in [4.69, 9.17) is 5.26 Å². The number of aryl methyl sites for hydroxylation is 1. The molecule has 6 nitrogen and oxygen atoms in total. The predicted molar refractivity (Wildman–Crippen MR) is 94.1 cm³/mol. The maximum absolute atomic E-state index is 12.4. The Hall–Kier alpha value is -2.59. The first-order valence-electron chi connectivity index (χ1n) is 7.62. The number of benzene rings is 1. The minimum absolute atomic E-state index is 0.0349. The molecule has 0 unspecified atom stereocenters. The Labute approximate surface area is 144 Å². The lowest BCUT2D eigenvalue weighted by Gasteiger charge is -2.20. The molecule has 0 atom stereocenters. The van der Waals surface area contributed by atoms with Crippen LogP contribution in [0.4, 0.5) is 5.69 Å². The average molecular weight is 342 g/mol. The summed E-state index contributed by atoms with van der Waals surface area (Å²) in [7, 11) is 0. The van der Waals surface area contributed by atoms with Crippen LogP contribution in [0.15, 0.2) is 40.3 Å². The molecule has 0 aliphatic rings. The number of anilines is 1. The lowest BCUT2D eigenvalue weighted by atomic mass is 10.2. The van der Waals surface area contributed by atoms with E-state index < -0.39 is 5.56 Å². The lowest BCUT2D eigenvalue weighted by Crippen LogP contribution is -2.32. The van der Waals surface area contributed by atoms with Gasteiger partial charge in [-0.3, -0.25) is 9.59 Å². The number of carbonyl (C=O) groups excluding carboxylic acids is 1. The van der Waals surface area contributed by atoms with Gasteiger partial charge in [0.1, 0.15) is 11.6 Å². The summed E-state index contributed by atoms with van der Waals surface area (Å²) >= 11 is 1.16. The number of thioether (sulfide) groups is 1. The highest BCUT2D eigenvalue weighted by Gasteiger charge is 2.16. The molecule has 124 valence electrons. The molecular formula is C17H18N4O2S. The summed E-state index contributed by atoms with van der Waals surface area (Å²) < 4.78 is 0. The van der Waals surface area contributed by atoms with Gasteiger partial charge >= 0.3 is 0 Å². The minimum Gasteiger partial charge on any atom is -0.312 e. The smallest absolute Gasteiger partial charge is 0.269 e. The van der Waals surface area contributed by atoms with E-state index in [2.05, 4.69) is 9.97 Å². The highest BCUT2D eigenvalue weighted by molar-refractivity contribution is 7.99. The number of aromatic amines is 1. The van der Waals surface area contributed by atoms with Crippen LogP contribution in [0.1, 0.15) is 25.1 Å². The van der Waals surface area contributed by atoms with Crippen LogP contribution < -0.4 is 10.5 Å². The van der Waals surface area contributed by atoms with Crippen LogP contribution in [0.25, 0.3) is 0 Å². The van der Waals surface area contributed by atoms with Gasteiger partial charge in [-0.2, -0.15) is 5.26 Å². The Balaban J connectivity index is 2.13. The summed E-state index contributed by atoms with van der Waals surface area (Å²) in [6.45, 7) is 4.30. The van der Waals surface area contributed by atoms with Crippen LogP contribution in [0.2, 0.25) is 0 Å². The molecule has 0 saturated carbocycles. The number of H-pyrrole nitrogens is 1. The largest absolute Gasteiger partial charge is 0.312 e. The van der Waals surface area contributed by atoms with Gasteiger partial charge < -0.3 is 9.88 Å². The van der Waals surface area contributed by atoms with Crippen molar-refractivity contribution in [1.29, 1.82) is 5.26 Å². The van der Waals surface area contributed by atoms with E-state index in [9.17, 15) is 9.59 Å². The molecule has 1 aromatic carbocycles. The highest BCUT2D eigenvalue weighted by atomic mass is 32.2. The van der Waals surface area contributed by atoms with Crippen LogP contribution in [-0.4, -0.2) is 28.2 Å². The van der Waals surface area contributed by atoms with Gasteiger partial charge in [0.05, 0.1) is 11.4 Å². The third kappa shape index (κ3) is 4.03. The number of hydrogen-bond acceptors (Lipinski definition) is 5. The molecule has 1 N–H and O–H groups in total. The zero-order chi connectivity index (χ0) is 17.5. The first-order valence-corrected chi connectivity index (χ1v) is 8.60. The summed E-state index contributed by atoms with van der Waals surface area (Å²) in [6, 6.07) is 11.3. The molecular weight excluding hydrogens is 324 g/mol. The molecule has 0 aliphatic heterocycles. The van der Waals surface area contributed by atoms with E-state index in [0.29, 0.717) is 23.8 Å².